The van der Waals surface area contributed by atoms with Crippen LogP contribution in [-0.4, -0.2) is 61.2 Å². The number of phenolic OH excluding ortho intramolecular Hbond substituents is 1. The van der Waals surface area contributed by atoms with Gasteiger partial charge in [0.25, 0.3) is 0 Å². The third-order valence-electron chi connectivity index (χ3n) is 5.98. The maximum absolute atomic E-state index is 14.8. The van der Waals surface area contributed by atoms with E-state index in [1.807, 2.05) is 13.1 Å². The SMILES string of the molecule is CN(c1ncc(-c2ccc(-n3ccnc3)cc2O)nn1)[C@H]1CC2CCC(N2)[C@@H]1F. The molecule has 150 valence electrons. The van der Waals surface area contributed by atoms with Gasteiger partial charge in [-0.15, -0.1) is 10.2 Å². The molecule has 2 aliphatic heterocycles. The standard InChI is InChI=1S/C20H22FN7O/c1-27(17-8-12-2-5-15(24-12)19(17)21)20-23-10-16(25-26-20)14-4-3-13(9-18(14)29)28-7-6-22-11-28/h3-4,6-7,9-12,15,17,19,24,29H,2,5,8H2,1H3/t12?,15?,17-,19-/m0/s1. The molecule has 3 aromatic rings. The lowest BCUT2D eigenvalue weighted by Crippen LogP contribution is -2.55. The van der Waals surface area contributed by atoms with Crippen LogP contribution in [0.5, 0.6) is 5.75 Å². The van der Waals surface area contributed by atoms with Gasteiger partial charge in [0, 0.05) is 43.2 Å². The first-order valence-electron chi connectivity index (χ1n) is 9.74. The average molecular weight is 395 g/mol. The zero-order chi connectivity index (χ0) is 20.0. The van der Waals surface area contributed by atoms with Crippen molar-refractivity contribution in [1.82, 2.24) is 30.0 Å². The van der Waals surface area contributed by atoms with Gasteiger partial charge in [-0.3, -0.25) is 0 Å². The zero-order valence-corrected chi connectivity index (χ0v) is 16.0. The van der Waals surface area contributed by atoms with Crippen LogP contribution in [0.1, 0.15) is 19.3 Å². The number of nitrogens with zero attached hydrogens (tertiary/aromatic N) is 6. The molecule has 29 heavy (non-hydrogen) atoms. The summed E-state index contributed by atoms with van der Waals surface area (Å²) in [4.78, 5) is 10.2. The number of aromatic hydroxyl groups is 1. The molecule has 4 atom stereocenters. The summed E-state index contributed by atoms with van der Waals surface area (Å²) < 4.78 is 16.6. The number of aromatic nitrogens is 5. The summed E-state index contributed by atoms with van der Waals surface area (Å²) in [5.74, 6) is 0.462. The molecule has 4 heterocycles. The van der Waals surface area contributed by atoms with Crippen LogP contribution >= 0.6 is 0 Å². The van der Waals surface area contributed by atoms with Gasteiger partial charge in [0.1, 0.15) is 17.6 Å². The summed E-state index contributed by atoms with van der Waals surface area (Å²) in [6.45, 7) is 0. The van der Waals surface area contributed by atoms with Crippen molar-refractivity contribution in [2.75, 3.05) is 11.9 Å². The zero-order valence-electron chi connectivity index (χ0n) is 16.0. The summed E-state index contributed by atoms with van der Waals surface area (Å²) in [5, 5.41) is 22.2. The fourth-order valence-corrected chi connectivity index (χ4v) is 4.36. The monoisotopic (exact) mass is 395 g/mol. The largest absolute Gasteiger partial charge is 0.507 e. The molecule has 2 aromatic heterocycles. The topological polar surface area (TPSA) is 92.0 Å². The second-order valence-electron chi connectivity index (χ2n) is 7.72. The van der Waals surface area contributed by atoms with E-state index in [-0.39, 0.29) is 17.8 Å². The maximum Gasteiger partial charge on any atom is 0.245 e. The average Bonchev–Trinajstić information content (AvgIpc) is 3.41. The van der Waals surface area contributed by atoms with Gasteiger partial charge in [-0.05, 0) is 31.4 Å². The van der Waals surface area contributed by atoms with Crippen LogP contribution < -0.4 is 10.2 Å². The highest BCUT2D eigenvalue weighted by molar-refractivity contribution is 5.68. The van der Waals surface area contributed by atoms with Crippen molar-refractivity contribution in [3.05, 3.63) is 43.1 Å². The number of anilines is 1. The van der Waals surface area contributed by atoms with Crippen molar-refractivity contribution < 1.29 is 9.50 Å². The van der Waals surface area contributed by atoms with Crippen LogP contribution in [0.15, 0.2) is 43.1 Å². The number of fused-ring (bicyclic) bond motifs is 2. The third kappa shape index (κ3) is 3.21. The molecule has 2 N–H and O–H groups in total. The van der Waals surface area contributed by atoms with Crippen LogP contribution in [0.3, 0.4) is 0 Å². The molecular formula is C20H22FN7O. The number of phenols is 1. The Hall–Kier alpha value is -3.07. The fraction of sp³-hybridized carbons (Fsp3) is 0.400. The molecule has 5 rings (SSSR count). The van der Waals surface area contributed by atoms with Crippen LogP contribution in [0.4, 0.5) is 10.3 Å². The van der Waals surface area contributed by atoms with Crippen molar-refractivity contribution in [3.8, 4) is 22.7 Å². The van der Waals surface area contributed by atoms with E-state index in [0.29, 0.717) is 23.2 Å². The molecule has 2 unspecified atom stereocenters. The van der Waals surface area contributed by atoms with Crippen molar-refractivity contribution in [2.24, 2.45) is 0 Å². The lowest BCUT2D eigenvalue weighted by atomic mass is 9.97. The van der Waals surface area contributed by atoms with Crippen LogP contribution in [0.2, 0.25) is 0 Å². The van der Waals surface area contributed by atoms with Crippen molar-refractivity contribution in [3.63, 3.8) is 0 Å². The smallest absolute Gasteiger partial charge is 0.245 e. The van der Waals surface area contributed by atoms with Crippen molar-refractivity contribution in [1.29, 1.82) is 0 Å². The third-order valence-corrected chi connectivity index (χ3v) is 5.98. The minimum atomic E-state index is -0.957. The molecule has 9 heteroatoms. The Labute approximate surface area is 167 Å². The molecule has 0 spiro atoms. The minimum Gasteiger partial charge on any atom is -0.507 e. The van der Waals surface area contributed by atoms with E-state index in [0.717, 1.165) is 24.9 Å². The molecule has 2 bridgehead atoms. The second-order valence-corrected chi connectivity index (χ2v) is 7.72. The molecule has 0 amide bonds. The van der Waals surface area contributed by atoms with E-state index in [4.69, 9.17) is 0 Å². The molecule has 0 radical (unpaired) electrons. The highest BCUT2D eigenvalue weighted by atomic mass is 19.1. The van der Waals surface area contributed by atoms with Gasteiger partial charge in [0.05, 0.1) is 24.3 Å². The van der Waals surface area contributed by atoms with Crippen LogP contribution in [0.25, 0.3) is 16.9 Å². The second kappa shape index (κ2) is 7.07. The van der Waals surface area contributed by atoms with Gasteiger partial charge in [-0.25, -0.2) is 14.4 Å². The Morgan fingerprint density at radius 2 is 2.17 bits per heavy atom. The Morgan fingerprint density at radius 3 is 2.90 bits per heavy atom. The first-order chi connectivity index (χ1) is 14.1. The maximum atomic E-state index is 14.8. The first kappa shape index (κ1) is 18.0. The molecule has 8 nitrogen and oxygen atoms in total. The van der Waals surface area contributed by atoms with Gasteiger partial charge >= 0.3 is 0 Å². The van der Waals surface area contributed by atoms with Gasteiger partial charge < -0.3 is 19.9 Å². The Balaban J connectivity index is 1.36. The van der Waals surface area contributed by atoms with Gasteiger partial charge in [-0.2, -0.15) is 0 Å². The molecule has 2 fully saturated rings. The van der Waals surface area contributed by atoms with E-state index in [1.54, 1.807) is 46.5 Å². The van der Waals surface area contributed by atoms with E-state index in [2.05, 4.69) is 25.5 Å². The highest BCUT2D eigenvalue weighted by Gasteiger charge is 2.44. The fourth-order valence-electron chi connectivity index (χ4n) is 4.36. The normalized spacial score (nSPS) is 25.9. The number of piperidine rings is 1. The number of benzene rings is 1. The number of nitrogens with one attached hydrogen (secondary N) is 1. The first-order valence-corrected chi connectivity index (χ1v) is 9.74. The lowest BCUT2D eigenvalue weighted by Gasteiger charge is -2.38. The lowest BCUT2D eigenvalue weighted by molar-refractivity contribution is 0.175. The number of imidazole rings is 1. The van der Waals surface area contributed by atoms with Gasteiger partial charge in [0.15, 0.2) is 0 Å². The van der Waals surface area contributed by atoms with Crippen molar-refractivity contribution >= 4 is 5.95 Å². The van der Waals surface area contributed by atoms with E-state index in [1.165, 1.54) is 0 Å². The Kier molecular flexibility index (Phi) is 4.39. The summed E-state index contributed by atoms with van der Waals surface area (Å²) >= 11 is 0. The quantitative estimate of drug-likeness (QED) is 0.699. The van der Waals surface area contributed by atoms with E-state index in [9.17, 15) is 9.50 Å². The number of hydrogen-bond acceptors (Lipinski definition) is 7. The molecule has 0 saturated carbocycles. The number of hydrogen-bond donors (Lipinski definition) is 2. The van der Waals surface area contributed by atoms with Crippen LogP contribution in [-0.2, 0) is 0 Å². The molecule has 1 aromatic carbocycles. The summed E-state index contributed by atoms with van der Waals surface area (Å²) in [5.41, 5.74) is 1.78. The van der Waals surface area contributed by atoms with E-state index >= 15 is 0 Å². The predicted molar refractivity (Wildman–Crippen MR) is 106 cm³/mol. The van der Waals surface area contributed by atoms with E-state index < -0.39 is 6.17 Å². The molecular weight excluding hydrogens is 373 g/mol. The highest BCUT2D eigenvalue weighted by Crippen LogP contribution is 2.33. The number of rotatable bonds is 4. The minimum absolute atomic E-state index is 0.0761. The Morgan fingerprint density at radius 1 is 1.28 bits per heavy atom. The predicted octanol–water partition coefficient (Wildman–Crippen LogP) is 2.10. The van der Waals surface area contributed by atoms with Crippen molar-refractivity contribution in [2.45, 2.75) is 43.6 Å². The molecule has 0 aliphatic carbocycles. The van der Waals surface area contributed by atoms with Gasteiger partial charge in [-0.1, -0.05) is 0 Å². The molecule has 2 aliphatic rings. The van der Waals surface area contributed by atoms with Gasteiger partial charge in [0.2, 0.25) is 5.95 Å². The Bertz CT molecular complexity index is 995. The molecule has 2 saturated heterocycles. The number of halogens is 1. The summed E-state index contributed by atoms with van der Waals surface area (Å²) in [7, 11) is 1.82. The number of alkyl halides is 1. The van der Waals surface area contributed by atoms with Crippen LogP contribution in [0, 0.1) is 0 Å². The summed E-state index contributed by atoms with van der Waals surface area (Å²) in [6.07, 6.45) is 8.36. The summed E-state index contributed by atoms with van der Waals surface area (Å²) in [6, 6.07) is 5.28.